The first-order chi connectivity index (χ1) is 7.63. The van der Waals surface area contributed by atoms with Gasteiger partial charge in [0.05, 0.1) is 5.39 Å². The second-order valence-electron chi connectivity index (χ2n) is 3.10. The van der Waals surface area contributed by atoms with Crippen LogP contribution in [0.3, 0.4) is 0 Å². The summed E-state index contributed by atoms with van der Waals surface area (Å²) in [6.45, 7) is 0. The first-order valence-corrected chi connectivity index (χ1v) is 4.49. The topological polar surface area (TPSA) is 114 Å². The fourth-order valence-corrected chi connectivity index (χ4v) is 1.31. The van der Waals surface area contributed by atoms with E-state index in [0.29, 0.717) is 11.6 Å². The highest BCUT2D eigenvalue weighted by molar-refractivity contribution is 5.95. The van der Waals surface area contributed by atoms with Crippen LogP contribution in [-0.2, 0) is 0 Å². The average Bonchev–Trinajstić information content (AvgIpc) is 2.28. The van der Waals surface area contributed by atoms with Gasteiger partial charge in [0.2, 0.25) is 11.4 Å². The molecule has 0 atom stereocenters. The number of hydrogen-bond donors (Lipinski definition) is 3. The third-order valence-corrected chi connectivity index (χ3v) is 2.12. The van der Waals surface area contributed by atoms with Gasteiger partial charge in [-0.25, -0.2) is 4.98 Å². The Bertz CT molecular complexity index is 624. The maximum absolute atomic E-state index is 11.7. The summed E-state index contributed by atoms with van der Waals surface area (Å²) in [4.78, 5) is 33.3. The molecular formula is C9H10ClN5O2. The molecule has 0 fully saturated rings. The molecule has 0 saturated carbocycles. The number of H-pyrrole nitrogens is 1. The highest BCUT2D eigenvalue weighted by Gasteiger charge is 2.10. The number of rotatable bonds is 2. The second kappa shape index (κ2) is 4.79. The molecule has 0 aliphatic heterocycles. The van der Waals surface area contributed by atoms with Crippen molar-refractivity contribution in [1.82, 2.24) is 15.0 Å². The van der Waals surface area contributed by atoms with Gasteiger partial charge in [0, 0.05) is 19.4 Å². The molecule has 0 bridgehead atoms. The van der Waals surface area contributed by atoms with E-state index in [9.17, 15) is 9.59 Å². The zero-order valence-electron chi connectivity index (χ0n) is 8.85. The van der Waals surface area contributed by atoms with Crippen LogP contribution >= 0.6 is 12.4 Å². The predicted octanol–water partition coefficient (Wildman–Crippen LogP) is -0.120. The zero-order chi connectivity index (χ0) is 11.7. The number of carbonyl (C=O) groups is 1. The molecule has 2 aromatic heterocycles. The molecule has 2 rings (SSSR count). The molecule has 0 spiro atoms. The lowest BCUT2D eigenvalue weighted by molar-refractivity contribution is 0.0999. The third-order valence-electron chi connectivity index (χ3n) is 2.12. The molecule has 4 N–H and O–H groups in total. The van der Waals surface area contributed by atoms with E-state index in [2.05, 4.69) is 20.3 Å². The third kappa shape index (κ3) is 2.18. The number of amides is 1. The van der Waals surface area contributed by atoms with E-state index in [4.69, 9.17) is 5.73 Å². The Morgan fingerprint density at radius 3 is 2.82 bits per heavy atom. The van der Waals surface area contributed by atoms with Crippen molar-refractivity contribution in [2.75, 3.05) is 12.4 Å². The number of nitrogens with zero attached hydrogens (tertiary/aromatic N) is 2. The predicted molar refractivity (Wildman–Crippen MR) is 65.5 cm³/mol. The average molecular weight is 256 g/mol. The number of carbonyl (C=O) groups excluding carboxylic acids is 1. The van der Waals surface area contributed by atoms with E-state index in [-0.39, 0.29) is 23.4 Å². The molecule has 2 heterocycles. The maximum atomic E-state index is 11.7. The molecule has 0 radical (unpaired) electrons. The standard InChI is InChI=1S/C9H9N5O2.ClH/c1-11-9-13-3-5-6(15)4(7(10)16)2-12-8(5)14-9;/h2-3H,1H3,(H2,10,16)(H2,11,12,13,14,15);1H. The summed E-state index contributed by atoms with van der Waals surface area (Å²) in [5.41, 5.74) is 4.83. The Morgan fingerprint density at radius 2 is 2.24 bits per heavy atom. The summed E-state index contributed by atoms with van der Waals surface area (Å²) in [5, 5.41) is 2.97. The molecule has 90 valence electrons. The van der Waals surface area contributed by atoms with E-state index >= 15 is 0 Å². The fraction of sp³-hybridized carbons (Fsp3) is 0.111. The normalized spacial score (nSPS) is 9.71. The molecule has 0 saturated heterocycles. The summed E-state index contributed by atoms with van der Waals surface area (Å²) in [5.74, 6) is -0.393. The maximum Gasteiger partial charge on any atom is 0.254 e. The van der Waals surface area contributed by atoms with Gasteiger partial charge >= 0.3 is 0 Å². The van der Waals surface area contributed by atoms with Crippen LogP contribution in [0.1, 0.15) is 10.4 Å². The van der Waals surface area contributed by atoms with Crippen molar-refractivity contribution in [2.45, 2.75) is 0 Å². The highest BCUT2D eigenvalue weighted by atomic mass is 35.5. The SMILES string of the molecule is CNc1ncc2c(=O)c(C(N)=O)c[nH]c2n1.Cl. The van der Waals surface area contributed by atoms with Crippen LogP contribution in [0.5, 0.6) is 0 Å². The lowest BCUT2D eigenvalue weighted by Gasteiger charge is -2.01. The number of aromatic nitrogens is 3. The first-order valence-electron chi connectivity index (χ1n) is 4.49. The minimum Gasteiger partial charge on any atom is -0.365 e. The van der Waals surface area contributed by atoms with Crippen molar-refractivity contribution in [3.63, 3.8) is 0 Å². The molecule has 7 nitrogen and oxygen atoms in total. The highest BCUT2D eigenvalue weighted by Crippen LogP contribution is 2.06. The second-order valence-corrected chi connectivity index (χ2v) is 3.10. The number of fused-ring (bicyclic) bond motifs is 1. The number of halogens is 1. The Kier molecular flexibility index (Phi) is 3.64. The van der Waals surface area contributed by atoms with Crippen molar-refractivity contribution in [1.29, 1.82) is 0 Å². The largest absolute Gasteiger partial charge is 0.365 e. The fourth-order valence-electron chi connectivity index (χ4n) is 1.31. The summed E-state index contributed by atoms with van der Waals surface area (Å²) in [6.07, 6.45) is 2.60. The van der Waals surface area contributed by atoms with Gasteiger partial charge in [-0.05, 0) is 0 Å². The van der Waals surface area contributed by atoms with Crippen LogP contribution in [0.4, 0.5) is 5.95 Å². The van der Waals surface area contributed by atoms with Gasteiger partial charge < -0.3 is 16.0 Å². The number of primary amides is 1. The Morgan fingerprint density at radius 1 is 1.53 bits per heavy atom. The van der Waals surface area contributed by atoms with Gasteiger partial charge in [-0.3, -0.25) is 9.59 Å². The van der Waals surface area contributed by atoms with Crippen molar-refractivity contribution >= 4 is 35.3 Å². The van der Waals surface area contributed by atoms with Crippen LogP contribution < -0.4 is 16.5 Å². The Balaban J connectivity index is 0.00000144. The van der Waals surface area contributed by atoms with E-state index in [0.717, 1.165) is 0 Å². The molecule has 0 unspecified atom stereocenters. The van der Waals surface area contributed by atoms with Crippen LogP contribution in [0.15, 0.2) is 17.2 Å². The number of aromatic amines is 1. The smallest absolute Gasteiger partial charge is 0.254 e. The number of nitrogens with two attached hydrogens (primary N) is 1. The van der Waals surface area contributed by atoms with E-state index in [1.807, 2.05) is 0 Å². The zero-order valence-corrected chi connectivity index (χ0v) is 9.67. The molecular weight excluding hydrogens is 246 g/mol. The van der Waals surface area contributed by atoms with E-state index < -0.39 is 11.3 Å². The monoisotopic (exact) mass is 255 g/mol. The van der Waals surface area contributed by atoms with Gasteiger partial charge in [-0.1, -0.05) is 0 Å². The summed E-state index contributed by atoms with van der Waals surface area (Å²) in [7, 11) is 1.66. The van der Waals surface area contributed by atoms with Crippen molar-refractivity contribution in [2.24, 2.45) is 5.73 Å². The van der Waals surface area contributed by atoms with Crippen LogP contribution in [0, 0.1) is 0 Å². The molecule has 17 heavy (non-hydrogen) atoms. The van der Waals surface area contributed by atoms with Gasteiger partial charge in [0.15, 0.2) is 0 Å². The molecule has 1 amide bonds. The quantitative estimate of drug-likeness (QED) is 0.692. The van der Waals surface area contributed by atoms with Crippen LogP contribution in [-0.4, -0.2) is 27.9 Å². The van der Waals surface area contributed by atoms with Gasteiger partial charge in [-0.15, -0.1) is 12.4 Å². The lowest BCUT2D eigenvalue weighted by Crippen LogP contribution is -2.22. The number of pyridine rings is 1. The number of hydrogen-bond acceptors (Lipinski definition) is 5. The van der Waals surface area contributed by atoms with E-state index in [1.165, 1.54) is 12.4 Å². The van der Waals surface area contributed by atoms with Crippen molar-refractivity contribution in [3.05, 3.63) is 28.2 Å². The van der Waals surface area contributed by atoms with Gasteiger partial charge in [-0.2, -0.15) is 4.98 Å². The summed E-state index contributed by atoms with van der Waals surface area (Å²) >= 11 is 0. The summed E-state index contributed by atoms with van der Waals surface area (Å²) in [6, 6.07) is 0. The van der Waals surface area contributed by atoms with Crippen LogP contribution in [0.2, 0.25) is 0 Å². The van der Waals surface area contributed by atoms with E-state index in [1.54, 1.807) is 7.05 Å². The molecule has 0 aliphatic rings. The Labute approximate surface area is 102 Å². The Hall–Kier alpha value is -2.15. The minimum absolute atomic E-state index is 0. The first kappa shape index (κ1) is 12.9. The molecule has 8 heteroatoms. The molecule has 2 aromatic rings. The minimum atomic E-state index is -0.777. The van der Waals surface area contributed by atoms with Crippen LogP contribution in [0.25, 0.3) is 11.0 Å². The molecule has 0 aliphatic carbocycles. The molecule has 0 aromatic carbocycles. The van der Waals surface area contributed by atoms with Crippen molar-refractivity contribution in [3.8, 4) is 0 Å². The van der Waals surface area contributed by atoms with Crippen molar-refractivity contribution < 1.29 is 4.79 Å². The van der Waals surface area contributed by atoms with Gasteiger partial charge in [0.1, 0.15) is 11.2 Å². The van der Waals surface area contributed by atoms with Gasteiger partial charge in [0.25, 0.3) is 5.91 Å². The number of anilines is 1. The number of nitrogens with one attached hydrogen (secondary N) is 2. The lowest BCUT2D eigenvalue weighted by atomic mass is 10.2. The summed E-state index contributed by atoms with van der Waals surface area (Å²) < 4.78 is 0.